The Morgan fingerprint density at radius 2 is 2.19 bits per heavy atom. The molecule has 0 spiro atoms. The van der Waals surface area contributed by atoms with Crippen LogP contribution in [-0.2, 0) is 6.42 Å². The molecule has 4 nitrogen and oxygen atoms in total. The first kappa shape index (κ1) is 11.3. The second-order valence-electron chi connectivity index (χ2n) is 4.90. The van der Waals surface area contributed by atoms with Crippen LogP contribution in [0.4, 0.5) is 5.82 Å². The molecule has 0 aliphatic carbocycles. The Morgan fingerprint density at radius 1 is 1.38 bits per heavy atom. The molecule has 2 heterocycles. The van der Waals surface area contributed by atoms with E-state index in [-0.39, 0.29) is 0 Å². The minimum atomic E-state index is 0.754. The van der Waals surface area contributed by atoms with Crippen LogP contribution in [0.25, 0.3) is 0 Å². The van der Waals surface area contributed by atoms with Crippen molar-refractivity contribution in [3.8, 4) is 0 Å². The fourth-order valence-electron chi connectivity index (χ4n) is 2.19. The van der Waals surface area contributed by atoms with Crippen molar-refractivity contribution in [3.05, 3.63) is 17.8 Å². The molecular formula is C12H20N4. The van der Waals surface area contributed by atoms with Crippen molar-refractivity contribution in [3.63, 3.8) is 0 Å². The van der Waals surface area contributed by atoms with Gasteiger partial charge in [-0.3, -0.25) is 0 Å². The molecule has 0 amide bonds. The monoisotopic (exact) mass is 220 g/mol. The molecule has 16 heavy (non-hydrogen) atoms. The number of rotatable bonds is 3. The molecule has 0 bridgehead atoms. The molecule has 4 heteroatoms. The molecule has 1 saturated heterocycles. The Kier molecular flexibility index (Phi) is 3.39. The molecule has 88 valence electrons. The molecule has 1 aromatic rings. The molecular weight excluding hydrogens is 200 g/mol. The summed E-state index contributed by atoms with van der Waals surface area (Å²) >= 11 is 0. The van der Waals surface area contributed by atoms with E-state index in [0.29, 0.717) is 0 Å². The van der Waals surface area contributed by atoms with Crippen LogP contribution in [0.3, 0.4) is 0 Å². The van der Waals surface area contributed by atoms with E-state index in [4.69, 9.17) is 0 Å². The van der Waals surface area contributed by atoms with E-state index in [0.717, 1.165) is 23.9 Å². The third-order valence-corrected chi connectivity index (χ3v) is 3.15. The van der Waals surface area contributed by atoms with Gasteiger partial charge in [0.15, 0.2) is 5.82 Å². The summed E-state index contributed by atoms with van der Waals surface area (Å²) in [6, 6.07) is 4.14. The first-order valence-electron chi connectivity index (χ1n) is 5.83. The minimum Gasteiger partial charge on any atom is -0.361 e. The Hall–Kier alpha value is -1.16. The van der Waals surface area contributed by atoms with Gasteiger partial charge < -0.3 is 9.80 Å². The van der Waals surface area contributed by atoms with Gasteiger partial charge in [0.2, 0.25) is 0 Å². The zero-order valence-corrected chi connectivity index (χ0v) is 10.3. The van der Waals surface area contributed by atoms with Gasteiger partial charge in [0, 0.05) is 20.6 Å². The average molecular weight is 220 g/mol. The largest absolute Gasteiger partial charge is 0.361 e. The molecule has 0 N–H and O–H groups in total. The van der Waals surface area contributed by atoms with Crippen LogP contribution in [0.1, 0.15) is 12.1 Å². The molecule has 1 fully saturated rings. The highest BCUT2D eigenvalue weighted by molar-refractivity contribution is 5.34. The van der Waals surface area contributed by atoms with Gasteiger partial charge in [0.05, 0.1) is 5.69 Å². The van der Waals surface area contributed by atoms with Crippen molar-refractivity contribution in [2.45, 2.75) is 12.8 Å². The fraction of sp³-hybridized carbons (Fsp3) is 0.667. The first-order valence-corrected chi connectivity index (χ1v) is 5.83. The number of likely N-dealkylation sites (tertiary alicyclic amines) is 1. The van der Waals surface area contributed by atoms with Crippen LogP contribution < -0.4 is 4.90 Å². The van der Waals surface area contributed by atoms with Gasteiger partial charge in [0.1, 0.15) is 0 Å². The van der Waals surface area contributed by atoms with Crippen LogP contribution in [0.5, 0.6) is 0 Å². The van der Waals surface area contributed by atoms with E-state index in [9.17, 15) is 0 Å². The summed E-state index contributed by atoms with van der Waals surface area (Å²) in [6.45, 7) is 2.41. The maximum atomic E-state index is 4.28. The molecule has 0 aromatic carbocycles. The predicted octanol–water partition coefficient (Wildman–Crippen LogP) is 1.04. The van der Waals surface area contributed by atoms with Gasteiger partial charge in [-0.25, -0.2) is 0 Å². The third-order valence-electron chi connectivity index (χ3n) is 3.15. The second-order valence-corrected chi connectivity index (χ2v) is 4.90. The summed E-state index contributed by atoms with van der Waals surface area (Å²) in [5, 5.41) is 8.48. The molecule has 1 aromatic heterocycles. The predicted molar refractivity (Wildman–Crippen MR) is 65.7 cm³/mol. The number of anilines is 1. The summed E-state index contributed by atoms with van der Waals surface area (Å²) in [5.41, 5.74) is 1.12. The van der Waals surface area contributed by atoms with Gasteiger partial charge in [0.25, 0.3) is 0 Å². The third kappa shape index (κ3) is 2.70. The smallest absolute Gasteiger partial charge is 0.150 e. The van der Waals surface area contributed by atoms with Gasteiger partial charge in [-0.05, 0) is 44.5 Å². The van der Waals surface area contributed by atoms with Gasteiger partial charge >= 0.3 is 0 Å². The van der Waals surface area contributed by atoms with Crippen molar-refractivity contribution >= 4 is 5.82 Å². The molecule has 0 saturated carbocycles. The van der Waals surface area contributed by atoms with Gasteiger partial charge in [-0.1, -0.05) is 0 Å². The SMILES string of the molecule is CN1CCC(Cc2ccc(N(C)C)nn2)C1. The standard InChI is InChI=1S/C12H20N4/c1-15(2)12-5-4-11(13-14-12)8-10-6-7-16(3)9-10/h4-5,10H,6-9H2,1-3H3. The summed E-state index contributed by atoms with van der Waals surface area (Å²) in [6.07, 6.45) is 2.35. The van der Waals surface area contributed by atoms with Crippen molar-refractivity contribution < 1.29 is 0 Å². The van der Waals surface area contributed by atoms with E-state index < -0.39 is 0 Å². The lowest BCUT2D eigenvalue weighted by Crippen LogP contribution is -2.16. The second kappa shape index (κ2) is 4.78. The lowest BCUT2D eigenvalue weighted by molar-refractivity contribution is 0.393. The molecule has 2 rings (SSSR count). The van der Waals surface area contributed by atoms with E-state index >= 15 is 0 Å². The Balaban J connectivity index is 1.95. The summed E-state index contributed by atoms with van der Waals surface area (Å²) in [4.78, 5) is 4.35. The highest BCUT2D eigenvalue weighted by Crippen LogP contribution is 2.18. The normalized spacial score (nSPS) is 21.3. The fourth-order valence-corrected chi connectivity index (χ4v) is 2.19. The maximum Gasteiger partial charge on any atom is 0.150 e. The van der Waals surface area contributed by atoms with E-state index in [2.05, 4.69) is 28.2 Å². The van der Waals surface area contributed by atoms with Crippen molar-refractivity contribution in [2.75, 3.05) is 39.1 Å². The van der Waals surface area contributed by atoms with E-state index in [1.165, 1.54) is 19.5 Å². The molecule has 1 unspecified atom stereocenters. The Bertz CT molecular complexity index is 333. The van der Waals surface area contributed by atoms with E-state index in [1.54, 1.807) is 0 Å². The van der Waals surface area contributed by atoms with Crippen LogP contribution in [0, 0.1) is 5.92 Å². The van der Waals surface area contributed by atoms with Crippen molar-refractivity contribution in [1.82, 2.24) is 15.1 Å². The summed E-state index contributed by atoms with van der Waals surface area (Å²) < 4.78 is 0. The van der Waals surface area contributed by atoms with Gasteiger partial charge in [-0.15, -0.1) is 5.10 Å². The van der Waals surface area contributed by atoms with Crippen LogP contribution in [0.2, 0.25) is 0 Å². The topological polar surface area (TPSA) is 32.3 Å². The van der Waals surface area contributed by atoms with Crippen LogP contribution >= 0.6 is 0 Å². The molecule has 1 aliphatic rings. The van der Waals surface area contributed by atoms with E-state index in [1.807, 2.05) is 25.1 Å². The zero-order chi connectivity index (χ0) is 11.5. The van der Waals surface area contributed by atoms with Gasteiger partial charge in [-0.2, -0.15) is 5.10 Å². The number of nitrogens with zero attached hydrogens (tertiary/aromatic N) is 4. The molecule has 1 aliphatic heterocycles. The minimum absolute atomic E-state index is 0.754. The number of aromatic nitrogens is 2. The lowest BCUT2D eigenvalue weighted by Gasteiger charge is -2.12. The van der Waals surface area contributed by atoms with Crippen LogP contribution in [0.15, 0.2) is 12.1 Å². The number of hydrogen-bond donors (Lipinski definition) is 0. The Labute approximate surface area is 97.3 Å². The lowest BCUT2D eigenvalue weighted by atomic mass is 10.0. The first-order chi connectivity index (χ1) is 7.65. The zero-order valence-electron chi connectivity index (χ0n) is 10.3. The number of hydrogen-bond acceptors (Lipinski definition) is 4. The summed E-state index contributed by atoms with van der Waals surface area (Å²) in [5.74, 6) is 1.68. The quantitative estimate of drug-likeness (QED) is 0.762. The highest BCUT2D eigenvalue weighted by Gasteiger charge is 2.20. The maximum absolute atomic E-state index is 4.28. The Morgan fingerprint density at radius 3 is 2.69 bits per heavy atom. The summed E-state index contributed by atoms with van der Waals surface area (Å²) in [7, 11) is 6.14. The molecule has 1 atom stereocenters. The molecule has 0 radical (unpaired) electrons. The highest BCUT2D eigenvalue weighted by atomic mass is 15.2. The van der Waals surface area contributed by atoms with Crippen LogP contribution in [-0.4, -0.2) is 49.3 Å². The average Bonchev–Trinajstić information content (AvgIpc) is 2.65. The van der Waals surface area contributed by atoms with Crippen molar-refractivity contribution in [2.24, 2.45) is 5.92 Å². The van der Waals surface area contributed by atoms with Crippen molar-refractivity contribution in [1.29, 1.82) is 0 Å².